The van der Waals surface area contributed by atoms with Crippen LogP contribution in [0.15, 0.2) is 48.5 Å². The van der Waals surface area contributed by atoms with Gasteiger partial charge in [-0.15, -0.1) is 0 Å². The molecule has 0 saturated carbocycles. The predicted molar refractivity (Wildman–Crippen MR) is 89.8 cm³/mol. The van der Waals surface area contributed by atoms with Crippen molar-refractivity contribution in [2.45, 2.75) is 19.4 Å². The molecule has 0 saturated heterocycles. The van der Waals surface area contributed by atoms with Crippen molar-refractivity contribution in [3.8, 4) is 0 Å². The van der Waals surface area contributed by atoms with Gasteiger partial charge in [0.1, 0.15) is 0 Å². The summed E-state index contributed by atoms with van der Waals surface area (Å²) in [4.78, 5) is 0. The second-order valence-electron chi connectivity index (χ2n) is 4.80. The molecule has 23 heavy (non-hydrogen) atoms. The van der Waals surface area contributed by atoms with Crippen molar-refractivity contribution >= 4 is 30.4 Å². The number of aryl methyl sites for hydroxylation is 2. The van der Waals surface area contributed by atoms with Crippen molar-refractivity contribution in [3.63, 3.8) is 0 Å². The Bertz CT molecular complexity index is 724. The predicted octanol–water partition coefficient (Wildman–Crippen LogP) is 4.63. The Hall–Kier alpha value is -1.13. The number of benzene rings is 2. The Morgan fingerprint density at radius 1 is 0.826 bits per heavy atom. The van der Waals surface area contributed by atoms with Gasteiger partial charge in [-0.1, -0.05) is 0 Å². The topological polar surface area (TPSA) is 43.4 Å². The Morgan fingerprint density at radius 2 is 1.17 bits per heavy atom. The summed E-state index contributed by atoms with van der Waals surface area (Å²) in [5.74, 6) is 0. The molecular formula is C15H14F3IO3S. The van der Waals surface area contributed by atoms with E-state index in [1.54, 1.807) is 48.5 Å². The van der Waals surface area contributed by atoms with Gasteiger partial charge in [0.05, 0.1) is 0 Å². The Balaban J connectivity index is 2.48. The second kappa shape index (κ2) is 6.78. The van der Waals surface area contributed by atoms with E-state index in [2.05, 4.69) is 2.51 Å². The molecule has 0 bridgehead atoms. The number of halogens is 4. The molecular weight excluding hydrogens is 444 g/mol. The summed E-state index contributed by atoms with van der Waals surface area (Å²) in [7, 11) is -5.64. The van der Waals surface area contributed by atoms with Crippen molar-refractivity contribution in [3.05, 3.63) is 66.8 Å². The first-order valence-corrected chi connectivity index (χ1v) is 10.9. The minimum absolute atomic E-state index is 0.483. The minimum atomic E-state index is -5.64. The van der Waals surface area contributed by atoms with Crippen LogP contribution in [0, 0.1) is 21.0 Å². The van der Waals surface area contributed by atoms with Gasteiger partial charge in [-0.25, -0.2) is 0 Å². The molecule has 0 radical (unpaired) electrons. The van der Waals surface area contributed by atoms with E-state index in [9.17, 15) is 21.6 Å². The fourth-order valence-electron chi connectivity index (χ4n) is 1.61. The second-order valence-corrected chi connectivity index (χ2v) is 11.3. The fraction of sp³-hybridized carbons (Fsp3) is 0.200. The first-order chi connectivity index (χ1) is 10.6. The molecule has 0 aliphatic heterocycles. The van der Waals surface area contributed by atoms with Gasteiger partial charge in [-0.2, -0.15) is 0 Å². The van der Waals surface area contributed by atoms with Gasteiger partial charge in [-0.3, -0.25) is 0 Å². The molecule has 2 aromatic carbocycles. The zero-order chi connectivity index (χ0) is 17.3. The average Bonchev–Trinajstić information content (AvgIpc) is 2.46. The van der Waals surface area contributed by atoms with Crippen molar-refractivity contribution in [2.24, 2.45) is 0 Å². The van der Waals surface area contributed by atoms with E-state index >= 15 is 0 Å². The van der Waals surface area contributed by atoms with Crippen LogP contribution in [0.4, 0.5) is 13.2 Å². The van der Waals surface area contributed by atoms with E-state index in [4.69, 9.17) is 0 Å². The maximum absolute atomic E-state index is 12.7. The summed E-state index contributed by atoms with van der Waals surface area (Å²) in [5.41, 5.74) is -3.59. The number of hydrogen-bond donors (Lipinski definition) is 0. The Morgan fingerprint density at radius 3 is 1.48 bits per heavy atom. The average molecular weight is 458 g/mol. The van der Waals surface area contributed by atoms with Crippen LogP contribution in [0.3, 0.4) is 0 Å². The SMILES string of the molecule is Cc1ccc(I(OS(=O)(=O)C(F)(F)F)c2ccc(C)cc2)cc1. The molecule has 0 heterocycles. The van der Waals surface area contributed by atoms with Gasteiger partial charge in [-0.05, 0) is 0 Å². The third-order valence-electron chi connectivity index (χ3n) is 2.85. The first-order valence-electron chi connectivity index (χ1n) is 6.45. The van der Waals surface area contributed by atoms with Gasteiger partial charge in [0.2, 0.25) is 0 Å². The van der Waals surface area contributed by atoms with Gasteiger partial charge in [0, 0.05) is 0 Å². The van der Waals surface area contributed by atoms with E-state index in [1.165, 1.54) is 0 Å². The van der Waals surface area contributed by atoms with E-state index in [-0.39, 0.29) is 0 Å². The molecule has 2 rings (SSSR count). The maximum atomic E-state index is 12.7. The molecule has 3 nitrogen and oxygen atoms in total. The van der Waals surface area contributed by atoms with Crippen LogP contribution in [0.25, 0.3) is 0 Å². The van der Waals surface area contributed by atoms with Gasteiger partial charge in [0.25, 0.3) is 0 Å². The fourth-order valence-corrected chi connectivity index (χ4v) is 8.02. The normalized spacial score (nSPS) is 13.0. The molecule has 0 aliphatic rings. The monoisotopic (exact) mass is 458 g/mol. The van der Waals surface area contributed by atoms with E-state index in [1.807, 2.05) is 13.8 Å². The molecule has 8 heteroatoms. The quantitative estimate of drug-likeness (QED) is 0.496. The van der Waals surface area contributed by atoms with Crippen LogP contribution in [0.1, 0.15) is 11.1 Å². The molecule has 0 aromatic heterocycles. The van der Waals surface area contributed by atoms with Gasteiger partial charge >= 0.3 is 141 Å². The molecule has 0 spiro atoms. The third-order valence-corrected chi connectivity index (χ3v) is 9.91. The molecule has 0 amide bonds. The number of rotatable bonds is 4. The van der Waals surface area contributed by atoms with Crippen LogP contribution in [-0.2, 0) is 12.6 Å². The molecule has 126 valence electrons. The summed E-state index contributed by atoms with van der Waals surface area (Å²) in [6.07, 6.45) is 0. The molecule has 0 aliphatic carbocycles. The van der Waals surface area contributed by atoms with E-state index in [0.717, 1.165) is 11.1 Å². The Kier molecular flexibility index (Phi) is 5.37. The summed E-state index contributed by atoms with van der Waals surface area (Å²) >= 11 is -3.24. The first kappa shape index (κ1) is 18.2. The molecule has 0 atom stereocenters. The number of hydrogen-bond acceptors (Lipinski definition) is 3. The van der Waals surface area contributed by atoms with Gasteiger partial charge < -0.3 is 0 Å². The zero-order valence-corrected chi connectivity index (χ0v) is 15.2. The molecule has 2 aromatic rings. The van der Waals surface area contributed by atoms with Crippen molar-refractivity contribution in [1.82, 2.24) is 0 Å². The Labute approximate surface area is 140 Å². The van der Waals surface area contributed by atoms with Gasteiger partial charge in [0.15, 0.2) is 0 Å². The summed E-state index contributed by atoms with van der Waals surface area (Å²) < 4.78 is 66.5. The molecule has 0 fully saturated rings. The summed E-state index contributed by atoms with van der Waals surface area (Å²) in [6.45, 7) is 3.67. The zero-order valence-electron chi connectivity index (χ0n) is 12.3. The van der Waals surface area contributed by atoms with Crippen LogP contribution in [0.5, 0.6) is 0 Å². The van der Waals surface area contributed by atoms with Crippen molar-refractivity contribution < 1.29 is 24.1 Å². The van der Waals surface area contributed by atoms with E-state index in [0.29, 0.717) is 7.14 Å². The van der Waals surface area contributed by atoms with Crippen LogP contribution < -0.4 is 0 Å². The van der Waals surface area contributed by atoms with Crippen molar-refractivity contribution in [1.29, 1.82) is 0 Å². The molecule has 0 unspecified atom stereocenters. The van der Waals surface area contributed by atoms with Crippen molar-refractivity contribution in [2.75, 3.05) is 0 Å². The standard InChI is InChI=1S/C15H14F3IO3S/c1-11-3-7-13(8-4-11)19(14-9-5-12(2)6-10-14)22-23(20,21)15(16,17)18/h3-10H,1-2H3. The van der Waals surface area contributed by atoms with Crippen LogP contribution >= 0.6 is 20.2 Å². The molecule has 0 N–H and O–H groups in total. The summed E-state index contributed by atoms with van der Waals surface area (Å²) in [5, 5.41) is 0. The summed E-state index contributed by atoms with van der Waals surface area (Å²) in [6, 6.07) is 13.3. The third kappa shape index (κ3) is 4.45. The van der Waals surface area contributed by atoms with Crippen LogP contribution in [0.2, 0.25) is 0 Å². The van der Waals surface area contributed by atoms with E-state index < -0.39 is 35.9 Å². The number of alkyl halides is 3. The van der Waals surface area contributed by atoms with Crippen LogP contribution in [-0.4, -0.2) is 13.9 Å².